The number of nitrogens with zero attached hydrogens (tertiary/aromatic N) is 2. The molecule has 1 aromatic rings. The van der Waals surface area contributed by atoms with Crippen LogP contribution in [0.25, 0.3) is 0 Å². The second-order valence-electron chi connectivity index (χ2n) is 7.24. The summed E-state index contributed by atoms with van der Waals surface area (Å²) in [5.74, 6) is -0.200. The lowest BCUT2D eigenvalue weighted by Gasteiger charge is -2.26. The molecule has 6 heteroatoms. The summed E-state index contributed by atoms with van der Waals surface area (Å²) in [6.07, 6.45) is 3.02. The number of likely N-dealkylation sites (N-methyl/N-ethyl adjacent to an activating group) is 1. The number of anilines is 1. The molecule has 0 aromatic heterocycles. The third kappa shape index (κ3) is 5.82. The molecule has 0 bridgehead atoms. The highest BCUT2D eigenvalue weighted by Crippen LogP contribution is 2.25. The maximum absolute atomic E-state index is 12.3. The van der Waals surface area contributed by atoms with Crippen molar-refractivity contribution in [2.45, 2.75) is 46.0 Å². The summed E-state index contributed by atoms with van der Waals surface area (Å²) in [5.41, 5.74) is 1.62. The first kappa shape index (κ1) is 20.5. The molecule has 0 heterocycles. The Kier molecular flexibility index (Phi) is 6.84. The van der Waals surface area contributed by atoms with Gasteiger partial charge < -0.3 is 4.90 Å². The van der Waals surface area contributed by atoms with Gasteiger partial charge in [0.15, 0.2) is 0 Å². The summed E-state index contributed by atoms with van der Waals surface area (Å²) in [6.45, 7) is 8.81. The molecule has 0 saturated carbocycles. The molecule has 0 aliphatic heterocycles. The number of sulfonamides is 1. The van der Waals surface area contributed by atoms with Crippen molar-refractivity contribution >= 4 is 21.6 Å². The van der Waals surface area contributed by atoms with E-state index in [9.17, 15) is 13.2 Å². The summed E-state index contributed by atoms with van der Waals surface area (Å²) in [6, 6.07) is 7.36. The van der Waals surface area contributed by atoms with Crippen molar-refractivity contribution in [2.24, 2.45) is 0 Å². The largest absolute Gasteiger partial charge is 0.344 e. The molecule has 0 saturated heterocycles. The van der Waals surface area contributed by atoms with Crippen molar-refractivity contribution < 1.29 is 13.2 Å². The van der Waals surface area contributed by atoms with Gasteiger partial charge in [-0.3, -0.25) is 9.10 Å². The van der Waals surface area contributed by atoms with Crippen LogP contribution in [-0.2, 0) is 20.2 Å². The Hall–Kier alpha value is -1.56. The number of benzene rings is 1. The van der Waals surface area contributed by atoms with Crippen LogP contribution < -0.4 is 4.31 Å². The number of hydrogen-bond acceptors (Lipinski definition) is 3. The Morgan fingerprint density at radius 1 is 1.12 bits per heavy atom. The van der Waals surface area contributed by atoms with Crippen LogP contribution in [0.5, 0.6) is 0 Å². The quantitative estimate of drug-likeness (QED) is 0.756. The Balaban J connectivity index is 3.01. The van der Waals surface area contributed by atoms with Crippen molar-refractivity contribution in [3.8, 4) is 0 Å². The van der Waals surface area contributed by atoms with E-state index in [4.69, 9.17) is 0 Å². The van der Waals surface area contributed by atoms with Crippen LogP contribution >= 0.6 is 0 Å². The van der Waals surface area contributed by atoms with E-state index < -0.39 is 10.0 Å². The predicted molar refractivity (Wildman–Crippen MR) is 99.9 cm³/mol. The molecule has 1 amide bonds. The number of carbonyl (C=O) groups is 1. The van der Waals surface area contributed by atoms with E-state index >= 15 is 0 Å². The Bertz CT molecular complexity index is 646. The molecule has 0 aliphatic carbocycles. The molecule has 0 spiro atoms. The Morgan fingerprint density at radius 3 is 2.08 bits per heavy atom. The van der Waals surface area contributed by atoms with Crippen LogP contribution in [0.1, 0.15) is 46.1 Å². The highest BCUT2D eigenvalue weighted by Gasteiger charge is 2.23. The van der Waals surface area contributed by atoms with Crippen molar-refractivity contribution in [1.29, 1.82) is 0 Å². The van der Waals surface area contributed by atoms with Crippen LogP contribution in [0, 0.1) is 0 Å². The first-order valence-corrected chi connectivity index (χ1v) is 10.1. The fourth-order valence-electron chi connectivity index (χ4n) is 2.29. The minimum absolute atomic E-state index is 0.00929. The number of unbranched alkanes of at least 4 members (excludes halogenated alkanes) is 1. The molecule has 24 heavy (non-hydrogen) atoms. The molecule has 1 aromatic carbocycles. The van der Waals surface area contributed by atoms with Crippen molar-refractivity contribution in [1.82, 2.24) is 4.90 Å². The van der Waals surface area contributed by atoms with Gasteiger partial charge in [-0.15, -0.1) is 0 Å². The maximum atomic E-state index is 12.3. The molecule has 5 nitrogen and oxygen atoms in total. The van der Waals surface area contributed by atoms with Gasteiger partial charge in [-0.1, -0.05) is 46.2 Å². The van der Waals surface area contributed by atoms with E-state index in [-0.39, 0.29) is 17.9 Å². The molecule has 1 rings (SSSR count). The molecule has 0 unspecified atom stereocenters. The topological polar surface area (TPSA) is 57.7 Å². The fraction of sp³-hybridized carbons (Fsp3) is 0.611. The second-order valence-corrected chi connectivity index (χ2v) is 9.14. The number of amides is 1. The smallest absolute Gasteiger partial charge is 0.243 e. The van der Waals surface area contributed by atoms with E-state index in [1.807, 2.05) is 12.1 Å². The third-order valence-electron chi connectivity index (χ3n) is 3.97. The summed E-state index contributed by atoms with van der Waals surface area (Å²) < 4.78 is 25.5. The van der Waals surface area contributed by atoms with Gasteiger partial charge in [0.2, 0.25) is 15.9 Å². The Morgan fingerprint density at radius 2 is 1.67 bits per heavy atom. The van der Waals surface area contributed by atoms with E-state index in [0.717, 1.165) is 24.7 Å². The van der Waals surface area contributed by atoms with Crippen LogP contribution in [0.2, 0.25) is 0 Å². The van der Waals surface area contributed by atoms with Crippen LogP contribution in [0.3, 0.4) is 0 Å². The molecule has 0 fully saturated rings. The average Bonchev–Trinajstić information content (AvgIpc) is 2.48. The first-order chi connectivity index (χ1) is 11.0. The van der Waals surface area contributed by atoms with Gasteiger partial charge in [0.1, 0.15) is 6.54 Å². The van der Waals surface area contributed by atoms with Gasteiger partial charge in [-0.25, -0.2) is 8.42 Å². The van der Waals surface area contributed by atoms with Crippen molar-refractivity contribution in [3.63, 3.8) is 0 Å². The minimum atomic E-state index is -3.53. The standard InChI is InChI=1S/C18H30N2O3S/c1-7-8-13-19(5)17(21)14-20(24(6,22)23)16-11-9-15(10-12-16)18(2,3)4/h9-12H,7-8,13-14H2,1-6H3. The van der Waals surface area contributed by atoms with Crippen LogP contribution in [0.15, 0.2) is 24.3 Å². The lowest BCUT2D eigenvalue weighted by molar-refractivity contribution is -0.128. The van der Waals surface area contributed by atoms with E-state index in [0.29, 0.717) is 12.2 Å². The highest BCUT2D eigenvalue weighted by molar-refractivity contribution is 7.92. The van der Waals surface area contributed by atoms with Gasteiger partial charge in [0, 0.05) is 13.6 Å². The number of carbonyl (C=O) groups excluding carboxylic acids is 1. The number of rotatable bonds is 7. The van der Waals surface area contributed by atoms with Gasteiger partial charge >= 0.3 is 0 Å². The third-order valence-corrected chi connectivity index (χ3v) is 5.11. The minimum Gasteiger partial charge on any atom is -0.344 e. The number of hydrogen-bond donors (Lipinski definition) is 0. The van der Waals surface area contributed by atoms with Gasteiger partial charge in [0.05, 0.1) is 11.9 Å². The summed E-state index contributed by atoms with van der Waals surface area (Å²) in [4.78, 5) is 13.9. The van der Waals surface area contributed by atoms with Crippen LogP contribution in [0.4, 0.5) is 5.69 Å². The van der Waals surface area contributed by atoms with E-state index in [1.165, 1.54) is 4.31 Å². The molecule has 0 N–H and O–H groups in total. The van der Waals surface area contributed by atoms with Crippen molar-refractivity contribution in [2.75, 3.05) is 30.7 Å². The maximum Gasteiger partial charge on any atom is 0.243 e. The Labute approximate surface area is 146 Å². The van der Waals surface area contributed by atoms with Crippen LogP contribution in [-0.4, -0.2) is 45.6 Å². The summed E-state index contributed by atoms with van der Waals surface area (Å²) >= 11 is 0. The zero-order chi connectivity index (χ0) is 18.5. The molecular weight excluding hydrogens is 324 g/mol. The predicted octanol–water partition coefficient (Wildman–Crippen LogP) is 3.01. The SMILES string of the molecule is CCCCN(C)C(=O)CN(c1ccc(C(C)(C)C)cc1)S(C)(=O)=O. The average molecular weight is 355 g/mol. The second kappa shape index (κ2) is 8.01. The van der Waals surface area contributed by atoms with Crippen molar-refractivity contribution in [3.05, 3.63) is 29.8 Å². The monoisotopic (exact) mass is 354 g/mol. The molecule has 136 valence electrons. The fourth-order valence-corrected chi connectivity index (χ4v) is 3.14. The summed E-state index contributed by atoms with van der Waals surface area (Å²) in [7, 11) is -1.82. The van der Waals surface area contributed by atoms with Gasteiger partial charge in [-0.05, 0) is 29.5 Å². The van der Waals surface area contributed by atoms with E-state index in [1.54, 1.807) is 24.1 Å². The van der Waals surface area contributed by atoms with Gasteiger partial charge in [-0.2, -0.15) is 0 Å². The molecule has 0 radical (unpaired) electrons. The molecular formula is C18H30N2O3S. The lowest BCUT2D eigenvalue weighted by atomic mass is 9.87. The van der Waals surface area contributed by atoms with E-state index in [2.05, 4.69) is 27.7 Å². The lowest BCUT2D eigenvalue weighted by Crippen LogP contribution is -2.41. The summed E-state index contributed by atoms with van der Waals surface area (Å²) in [5, 5.41) is 0. The normalized spacial score (nSPS) is 12.1. The van der Waals surface area contributed by atoms with Gasteiger partial charge in [0.25, 0.3) is 0 Å². The molecule has 0 atom stereocenters. The molecule has 0 aliphatic rings. The zero-order valence-corrected chi connectivity index (χ0v) is 16.5. The zero-order valence-electron chi connectivity index (χ0n) is 15.7. The first-order valence-electron chi connectivity index (χ1n) is 8.29. The highest BCUT2D eigenvalue weighted by atomic mass is 32.2.